The second kappa shape index (κ2) is 8.85. The molecule has 1 aromatic heterocycles. The van der Waals surface area contributed by atoms with Gasteiger partial charge in [0.05, 0.1) is 25.3 Å². The predicted molar refractivity (Wildman–Crippen MR) is 136 cm³/mol. The Labute approximate surface area is 214 Å². The van der Waals surface area contributed by atoms with E-state index in [2.05, 4.69) is 29.2 Å². The maximum Gasteiger partial charge on any atom is 0.410 e. The lowest BCUT2D eigenvalue weighted by atomic mass is 9.81. The number of oxazole rings is 1. The molecule has 3 aliphatic rings. The Morgan fingerprint density at radius 1 is 0.919 bits per heavy atom. The van der Waals surface area contributed by atoms with Crippen LogP contribution in [0, 0.1) is 5.92 Å². The van der Waals surface area contributed by atoms with Crippen molar-refractivity contribution in [1.29, 1.82) is 0 Å². The summed E-state index contributed by atoms with van der Waals surface area (Å²) in [6.45, 7) is 1.10. The molecule has 0 N–H and O–H groups in total. The average Bonchev–Trinajstić information content (AvgIpc) is 3.53. The van der Waals surface area contributed by atoms with Crippen molar-refractivity contribution < 1.29 is 23.5 Å². The topological polar surface area (TPSA) is 81.9 Å². The van der Waals surface area contributed by atoms with E-state index in [1.165, 1.54) is 28.6 Å². The minimum Gasteiger partial charge on any atom is -0.448 e. The van der Waals surface area contributed by atoms with Gasteiger partial charge in [0, 0.05) is 17.4 Å². The quantitative estimate of drug-likeness (QED) is 0.352. The summed E-state index contributed by atoms with van der Waals surface area (Å²) < 4.78 is 17.0. The first kappa shape index (κ1) is 22.2. The first-order valence-electron chi connectivity index (χ1n) is 12.8. The van der Waals surface area contributed by atoms with Gasteiger partial charge in [-0.15, -0.1) is 0 Å². The van der Waals surface area contributed by atoms with Gasteiger partial charge in [0.15, 0.2) is 17.8 Å². The maximum atomic E-state index is 13.4. The van der Waals surface area contributed by atoms with Crippen LogP contribution in [0.15, 0.2) is 77.5 Å². The largest absolute Gasteiger partial charge is 0.448 e. The van der Waals surface area contributed by atoms with E-state index in [0.29, 0.717) is 42.7 Å². The summed E-state index contributed by atoms with van der Waals surface area (Å²) in [6.07, 6.45) is 2.16. The molecule has 2 atom stereocenters. The van der Waals surface area contributed by atoms with Crippen molar-refractivity contribution in [3.05, 3.63) is 89.8 Å². The number of carbonyl (C=O) groups excluding carboxylic acids is 2. The molecule has 7 nitrogen and oxygen atoms in total. The summed E-state index contributed by atoms with van der Waals surface area (Å²) in [4.78, 5) is 32.8. The average molecular weight is 495 g/mol. The van der Waals surface area contributed by atoms with E-state index in [1.807, 2.05) is 29.2 Å². The maximum absolute atomic E-state index is 13.4. The highest BCUT2D eigenvalue weighted by Crippen LogP contribution is 2.44. The third-order valence-corrected chi connectivity index (χ3v) is 8.05. The van der Waals surface area contributed by atoms with Gasteiger partial charge in [-0.25, -0.2) is 9.78 Å². The van der Waals surface area contributed by atoms with Crippen LogP contribution < -0.4 is 0 Å². The van der Waals surface area contributed by atoms with Crippen LogP contribution in [0.25, 0.3) is 22.2 Å². The number of ether oxygens (including phenoxy) is 2. The number of piperidine rings is 1. The molecule has 2 bridgehead atoms. The second-order valence-corrected chi connectivity index (χ2v) is 10.1. The Kier molecular flexibility index (Phi) is 5.32. The molecule has 1 aliphatic carbocycles. The number of aromatic nitrogens is 1. The van der Waals surface area contributed by atoms with E-state index >= 15 is 0 Å². The zero-order chi connectivity index (χ0) is 24.9. The van der Waals surface area contributed by atoms with E-state index < -0.39 is 0 Å². The van der Waals surface area contributed by atoms with Crippen molar-refractivity contribution in [2.45, 2.75) is 30.8 Å². The van der Waals surface area contributed by atoms with Crippen LogP contribution in [0.3, 0.4) is 0 Å². The summed E-state index contributed by atoms with van der Waals surface area (Å²) in [6, 6.07) is 21.6. The van der Waals surface area contributed by atoms with Gasteiger partial charge in [0.2, 0.25) is 0 Å². The Morgan fingerprint density at radius 2 is 1.59 bits per heavy atom. The third kappa shape index (κ3) is 3.73. The molecule has 3 heterocycles. The smallest absolute Gasteiger partial charge is 0.410 e. The standard InChI is InChI=1S/C30H26N2O5/c33-29(18-9-10-28-27(13-18)31-17-37-28)19-11-20-14-35-15-21(12-19)32(20)30(34)36-16-26-24-7-3-1-5-22(24)23-6-2-4-8-25(23)26/h1-10,13,17,19-21,26H,11-12,14-16H2. The van der Waals surface area contributed by atoms with Crippen LogP contribution in [0.1, 0.15) is 40.2 Å². The number of hydrogen-bond donors (Lipinski definition) is 0. The van der Waals surface area contributed by atoms with Crippen molar-refractivity contribution in [3.63, 3.8) is 0 Å². The van der Waals surface area contributed by atoms with Crippen LogP contribution in [-0.2, 0) is 9.47 Å². The molecule has 3 aromatic carbocycles. The number of carbonyl (C=O) groups is 2. The number of ketones is 1. The number of fused-ring (bicyclic) bond motifs is 6. The lowest BCUT2D eigenvalue weighted by Gasteiger charge is -2.47. The van der Waals surface area contributed by atoms with Crippen LogP contribution in [-0.4, -0.2) is 53.7 Å². The van der Waals surface area contributed by atoms with Crippen molar-refractivity contribution in [2.75, 3.05) is 19.8 Å². The van der Waals surface area contributed by atoms with E-state index in [1.54, 1.807) is 18.2 Å². The molecule has 0 spiro atoms. The van der Waals surface area contributed by atoms with E-state index in [-0.39, 0.29) is 42.4 Å². The summed E-state index contributed by atoms with van der Waals surface area (Å²) >= 11 is 0. The van der Waals surface area contributed by atoms with E-state index in [4.69, 9.17) is 13.9 Å². The number of amides is 1. The molecular formula is C30H26N2O5. The van der Waals surface area contributed by atoms with E-state index in [0.717, 1.165) is 0 Å². The zero-order valence-electron chi connectivity index (χ0n) is 20.2. The summed E-state index contributed by atoms with van der Waals surface area (Å²) in [5.41, 5.74) is 6.74. The minimum atomic E-state index is -0.324. The zero-order valence-corrected chi connectivity index (χ0v) is 20.2. The molecule has 1 amide bonds. The number of benzene rings is 3. The molecule has 186 valence electrons. The molecule has 4 aromatic rings. The Morgan fingerprint density at radius 3 is 2.30 bits per heavy atom. The lowest BCUT2D eigenvalue weighted by Crippen LogP contribution is -2.60. The molecule has 0 radical (unpaired) electrons. The number of morpholine rings is 1. The number of nitrogens with zero attached hydrogens (tertiary/aromatic N) is 2. The fourth-order valence-corrected chi connectivity index (χ4v) is 6.34. The van der Waals surface area contributed by atoms with Gasteiger partial charge in [-0.05, 0) is 53.3 Å². The van der Waals surface area contributed by atoms with Crippen molar-refractivity contribution in [3.8, 4) is 11.1 Å². The van der Waals surface area contributed by atoms with Gasteiger partial charge in [0.25, 0.3) is 0 Å². The predicted octanol–water partition coefficient (Wildman–Crippen LogP) is 5.44. The number of Topliss-reactive ketones (excluding diaryl/α,β-unsaturated/α-hetero) is 1. The van der Waals surface area contributed by atoms with Crippen LogP contribution in [0.5, 0.6) is 0 Å². The fraction of sp³-hybridized carbons (Fsp3) is 0.300. The van der Waals surface area contributed by atoms with Gasteiger partial charge in [-0.1, -0.05) is 48.5 Å². The highest BCUT2D eigenvalue weighted by atomic mass is 16.6. The monoisotopic (exact) mass is 494 g/mol. The normalized spacial score (nSPS) is 22.5. The summed E-state index contributed by atoms with van der Waals surface area (Å²) in [5, 5.41) is 0. The Balaban J connectivity index is 1.07. The van der Waals surface area contributed by atoms with E-state index in [9.17, 15) is 9.59 Å². The van der Waals surface area contributed by atoms with Gasteiger partial charge in [-0.2, -0.15) is 0 Å². The van der Waals surface area contributed by atoms with Gasteiger partial charge in [-0.3, -0.25) is 9.69 Å². The van der Waals surface area contributed by atoms with Crippen molar-refractivity contribution in [2.24, 2.45) is 5.92 Å². The molecule has 0 saturated carbocycles. The first-order valence-corrected chi connectivity index (χ1v) is 12.8. The van der Waals surface area contributed by atoms with Crippen LogP contribution in [0.2, 0.25) is 0 Å². The molecule has 37 heavy (non-hydrogen) atoms. The summed E-state index contributed by atoms with van der Waals surface area (Å²) in [5.74, 6) is -0.0899. The minimum absolute atomic E-state index is 0.0120. The fourth-order valence-electron chi connectivity index (χ4n) is 6.34. The van der Waals surface area contributed by atoms with Crippen molar-refractivity contribution >= 4 is 23.0 Å². The van der Waals surface area contributed by atoms with Crippen LogP contribution >= 0.6 is 0 Å². The molecule has 2 aliphatic heterocycles. The number of hydrogen-bond acceptors (Lipinski definition) is 6. The highest BCUT2D eigenvalue weighted by molar-refractivity contribution is 6.00. The molecule has 7 heteroatoms. The SMILES string of the molecule is O=C(c1ccc2ocnc2c1)C1CC2COCC(C1)N2C(=O)OCC1c2ccccc2-c2ccccc21. The third-order valence-electron chi connectivity index (χ3n) is 8.05. The van der Waals surface area contributed by atoms with Gasteiger partial charge >= 0.3 is 6.09 Å². The molecule has 2 unspecified atom stereocenters. The first-order chi connectivity index (χ1) is 18.2. The van der Waals surface area contributed by atoms with Gasteiger partial charge in [0.1, 0.15) is 12.1 Å². The van der Waals surface area contributed by atoms with Crippen molar-refractivity contribution in [1.82, 2.24) is 9.88 Å². The number of rotatable bonds is 4. The molecule has 2 fully saturated rings. The Hall–Kier alpha value is -3.97. The molecule has 2 saturated heterocycles. The van der Waals surface area contributed by atoms with Gasteiger partial charge < -0.3 is 13.9 Å². The summed E-state index contributed by atoms with van der Waals surface area (Å²) in [7, 11) is 0. The Bertz CT molecular complexity index is 1450. The van der Waals surface area contributed by atoms with Crippen LogP contribution in [0.4, 0.5) is 4.79 Å². The highest BCUT2D eigenvalue weighted by Gasteiger charge is 2.45. The molecular weight excluding hydrogens is 468 g/mol. The second-order valence-electron chi connectivity index (χ2n) is 10.1. The molecule has 7 rings (SSSR count). The lowest BCUT2D eigenvalue weighted by molar-refractivity contribution is -0.0747.